The quantitative estimate of drug-likeness (QED) is 0.825. The fourth-order valence-corrected chi connectivity index (χ4v) is 1.45. The first kappa shape index (κ1) is 14.1. The molecule has 0 heterocycles. The number of rotatable bonds is 6. The molecule has 0 spiro atoms. The van der Waals surface area contributed by atoms with E-state index in [1.54, 1.807) is 12.1 Å². The standard InChI is InChI=1S/C13H20F2N2/c1-10(17(2)3)8-16-9-11-5-4-6-12(7-11)13(14)15/h4-7,10,13,16H,8-9H2,1-3H3. The van der Waals surface area contributed by atoms with Gasteiger partial charge in [-0.3, -0.25) is 0 Å². The van der Waals surface area contributed by atoms with Crippen molar-refractivity contribution in [3.05, 3.63) is 35.4 Å². The van der Waals surface area contributed by atoms with Crippen molar-refractivity contribution in [1.82, 2.24) is 10.2 Å². The first-order valence-corrected chi connectivity index (χ1v) is 5.75. The molecule has 1 aromatic carbocycles. The Hall–Kier alpha value is -1.00. The maximum Gasteiger partial charge on any atom is 0.263 e. The van der Waals surface area contributed by atoms with Crippen LogP contribution in [0.25, 0.3) is 0 Å². The van der Waals surface area contributed by atoms with Crippen molar-refractivity contribution in [3.8, 4) is 0 Å². The molecule has 0 aliphatic heterocycles. The van der Waals surface area contributed by atoms with E-state index in [1.165, 1.54) is 6.07 Å². The van der Waals surface area contributed by atoms with Gasteiger partial charge in [0.2, 0.25) is 0 Å². The molecule has 96 valence electrons. The van der Waals surface area contributed by atoms with Gasteiger partial charge >= 0.3 is 0 Å². The highest BCUT2D eigenvalue weighted by Gasteiger charge is 2.07. The van der Waals surface area contributed by atoms with Crippen LogP contribution in [0.3, 0.4) is 0 Å². The lowest BCUT2D eigenvalue weighted by Gasteiger charge is -2.20. The monoisotopic (exact) mass is 242 g/mol. The molecule has 1 atom stereocenters. The molecule has 4 heteroatoms. The number of hydrogen-bond acceptors (Lipinski definition) is 2. The molecule has 0 aliphatic rings. The largest absolute Gasteiger partial charge is 0.311 e. The molecule has 1 rings (SSSR count). The molecule has 1 aromatic rings. The molecule has 0 saturated heterocycles. The Morgan fingerprint density at radius 2 is 2.00 bits per heavy atom. The number of nitrogens with zero attached hydrogens (tertiary/aromatic N) is 1. The van der Waals surface area contributed by atoms with Crippen molar-refractivity contribution in [1.29, 1.82) is 0 Å². The zero-order valence-electron chi connectivity index (χ0n) is 10.6. The summed E-state index contributed by atoms with van der Waals surface area (Å²) in [6.45, 7) is 3.58. The zero-order valence-corrected chi connectivity index (χ0v) is 10.6. The van der Waals surface area contributed by atoms with Crippen molar-refractivity contribution in [2.75, 3.05) is 20.6 Å². The second-order valence-electron chi connectivity index (χ2n) is 4.49. The van der Waals surface area contributed by atoms with Gasteiger partial charge in [-0.05, 0) is 32.6 Å². The van der Waals surface area contributed by atoms with E-state index in [1.807, 2.05) is 20.2 Å². The number of alkyl halides is 2. The van der Waals surface area contributed by atoms with Crippen molar-refractivity contribution in [3.63, 3.8) is 0 Å². The Bertz CT molecular complexity index is 340. The summed E-state index contributed by atoms with van der Waals surface area (Å²) in [7, 11) is 4.04. The van der Waals surface area contributed by atoms with Crippen LogP contribution in [-0.2, 0) is 6.54 Å². The van der Waals surface area contributed by atoms with Crippen LogP contribution in [0.5, 0.6) is 0 Å². The lowest BCUT2D eigenvalue weighted by Crippen LogP contribution is -2.35. The minimum atomic E-state index is -2.39. The van der Waals surface area contributed by atoms with Gasteiger partial charge in [0.15, 0.2) is 0 Å². The normalized spacial score (nSPS) is 13.4. The highest BCUT2D eigenvalue weighted by Crippen LogP contribution is 2.19. The van der Waals surface area contributed by atoms with Gasteiger partial charge in [-0.2, -0.15) is 0 Å². The molecule has 1 N–H and O–H groups in total. The molecule has 0 aliphatic carbocycles. The predicted octanol–water partition coefficient (Wildman–Crippen LogP) is 2.66. The maximum absolute atomic E-state index is 12.5. The lowest BCUT2D eigenvalue weighted by molar-refractivity contribution is 0.151. The highest BCUT2D eigenvalue weighted by molar-refractivity contribution is 5.24. The fourth-order valence-electron chi connectivity index (χ4n) is 1.45. The summed E-state index contributed by atoms with van der Waals surface area (Å²) in [5.41, 5.74) is 0.985. The Balaban J connectivity index is 2.44. The van der Waals surface area contributed by atoms with Gasteiger partial charge < -0.3 is 10.2 Å². The Kier molecular flexibility index (Phi) is 5.51. The van der Waals surface area contributed by atoms with Crippen molar-refractivity contribution < 1.29 is 8.78 Å². The van der Waals surface area contributed by atoms with Gasteiger partial charge in [-0.15, -0.1) is 0 Å². The molecular formula is C13H20F2N2. The number of hydrogen-bond donors (Lipinski definition) is 1. The third-order valence-corrected chi connectivity index (χ3v) is 2.85. The summed E-state index contributed by atoms with van der Waals surface area (Å²) < 4.78 is 25.0. The molecule has 2 nitrogen and oxygen atoms in total. The minimum absolute atomic E-state index is 0.0879. The van der Waals surface area contributed by atoms with E-state index < -0.39 is 6.43 Å². The average Bonchev–Trinajstić information content (AvgIpc) is 2.29. The second kappa shape index (κ2) is 6.67. The van der Waals surface area contributed by atoms with Crippen LogP contribution in [0.4, 0.5) is 8.78 Å². The van der Waals surface area contributed by atoms with Crippen LogP contribution in [0.1, 0.15) is 24.5 Å². The third kappa shape index (κ3) is 4.79. The summed E-state index contributed by atoms with van der Waals surface area (Å²) in [4.78, 5) is 2.11. The maximum atomic E-state index is 12.5. The predicted molar refractivity (Wildman–Crippen MR) is 66.3 cm³/mol. The van der Waals surface area contributed by atoms with Crippen molar-refractivity contribution in [2.45, 2.75) is 25.9 Å². The zero-order chi connectivity index (χ0) is 12.8. The molecule has 0 radical (unpaired) electrons. The van der Waals surface area contributed by atoms with E-state index >= 15 is 0 Å². The van der Waals surface area contributed by atoms with E-state index in [-0.39, 0.29) is 5.56 Å². The summed E-state index contributed by atoms with van der Waals surface area (Å²) in [5, 5.41) is 3.26. The third-order valence-electron chi connectivity index (χ3n) is 2.85. The first-order valence-electron chi connectivity index (χ1n) is 5.75. The summed E-state index contributed by atoms with van der Waals surface area (Å²) in [6, 6.07) is 6.97. The minimum Gasteiger partial charge on any atom is -0.311 e. The Morgan fingerprint density at radius 3 is 2.59 bits per heavy atom. The van der Waals surface area contributed by atoms with Crippen molar-refractivity contribution in [2.24, 2.45) is 0 Å². The van der Waals surface area contributed by atoms with Crippen LogP contribution in [0.2, 0.25) is 0 Å². The first-order chi connectivity index (χ1) is 8.00. The summed E-state index contributed by atoms with van der Waals surface area (Å²) in [6.07, 6.45) is -2.39. The highest BCUT2D eigenvalue weighted by atomic mass is 19.3. The molecule has 1 unspecified atom stereocenters. The molecule has 0 aromatic heterocycles. The van der Waals surface area contributed by atoms with Gasteiger partial charge in [0.25, 0.3) is 6.43 Å². The van der Waals surface area contributed by atoms with E-state index in [0.29, 0.717) is 12.6 Å². The van der Waals surface area contributed by atoms with Crippen molar-refractivity contribution >= 4 is 0 Å². The van der Waals surface area contributed by atoms with Crippen LogP contribution in [0.15, 0.2) is 24.3 Å². The lowest BCUT2D eigenvalue weighted by atomic mass is 10.1. The van der Waals surface area contributed by atoms with Gasteiger partial charge in [0.05, 0.1) is 0 Å². The number of nitrogens with one attached hydrogen (secondary N) is 1. The van der Waals surface area contributed by atoms with Gasteiger partial charge in [0.1, 0.15) is 0 Å². The molecule has 0 saturated carbocycles. The second-order valence-corrected chi connectivity index (χ2v) is 4.49. The average molecular weight is 242 g/mol. The number of halogens is 2. The van der Waals surface area contributed by atoms with Gasteiger partial charge in [-0.25, -0.2) is 8.78 Å². The number of likely N-dealkylation sites (N-methyl/N-ethyl adjacent to an activating group) is 1. The van der Waals surface area contributed by atoms with Crippen LogP contribution in [0, 0.1) is 0 Å². The topological polar surface area (TPSA) is 15.3 Å². The van der Waals surface area contributed by atoms with Gasteiger partial charge in [0, 0.05) is 24.7 Å². The molecule has 17 heavy (non-hydrogen) atoms. The smallest absolute Gasteiger partial charge is 0.263 e. The fraction of sp³-hybridized carbons (Fsp3) is 0.538. The molecule has 0 bridgehead atoms. The summed E-state index contributed by atoms with van der Waals surface area (Å²) >= 11 is 0. The summed E-state index contributed by atoms with van der Waals surface area (Å²) in [5.74, 6) is 0. The van der Waals surface area contributed by atoms with Crippen LogP contribution < -0.4 is 5.32 Å². The molecular weight excluding hydrogens is 222 g/mol. The molecule has 0 amide bonds. The van der Waals surface area contributed by atoms with Gasteiger partial charge in [-0.1, -0.05) is 18.2 Å². The molecule has 0 fully saturated rings. The van der Waals surface area contributed by atoms with E-state index in [0.717, 1.165) is 12.1 Å². The van der Waals surface area contributed by atoms with E-state index in [9.17, 15) is 8.78 Å². The van der Waals surface area contributed by atoms with Crippen LogP contribution >= 0.6 is 0 Å². The van der Waals surface area contributed by atoms with E-state index in [2.05, 4.69) is 17.1 Å². The number of benzene rings is 1. The van der Waals surface area contributed by atoms with E-state index in [4.69, 9.17) is 0 Å². The SMILES string of the molecule is CC(CNCc1cccc(C(F)F)c1)N(C)C. The van der Waals surface area contributed by atoms with Crippen LogP contribution in [-0.4, -0.2) is 31.6 Å². The Morgan fingerprint density at radius 1 is 1.29 bits per heavy atom. The Labute approximate surface area is 102 Å².